The SMILES string of the molecule is c1ccc(-c2nc(-c3cc(-c4cc(-c5ccccn5)cc(-c5ccccn5)c4)cc4c3-c3ccccc3C4(c3ccccc3)c3ccccc3)nc(-c3cccc4c3oc3ccccc34)n2)cc1. The second kappa shape index (κ2) is 16.1. The first-order chi connectivity index (χ1) is 33.7. The summed E-state index contributed by atoms with van der Waals surface area (Å²) in [7, 11) is 0. The number of aromatic nitrogens is 5. The molecule has 1 aliphatic rings. The molecule has 0 saturated carbocycles. The molecule has 0 bridgehead atoms. The molecular weight excluding hydrogens is 831 g/mol. The highest BCUT2D eigenvalue weighted by atomic mass is 16.3. The molecule has 0 N–H and O–H groups in total. The third-order valence-electron chi connectivity index (χ3n) is 13.3. The van der Waals surface area contributed by atoms with Gasteiger partial charge in [0.15, 0.2) is 17.5 Å². The number of benzene rings is 8. The van der Waals surface area contributed by atoms with Crippen LogP contribution in [0.3, 0.4) is 0 Å². The van der Waals surface area contributed by atoms with Gasteiger partial charge in [-0.05, 0) is 111 Å². The number of hydrogen-bond donors (Lipinski definition) is 0. The molecule has 0 aliphatic heterocycles. The Labute approximate surface area is 393 Å². The number of hydrogen-bond acceptors (Lipinski definition) is 6. The molecule has 0 saturated heterocycles. The number of fused-ring (bicyclic) bond motifs is 6. The Kier molecular flexibility index (Phi) is 9.29. The normalized spacial score (nSPS) is 12.5. The van der Waals surface area contributed by atoms with Crippen LogP contribution >= 0.6 is 0 Å². The van der Waals surface area contributed by atoms with Crippen molar-refractivity contribution in [2.75, 3.05) is 0 Å². The Morgan fingerprint density at radius 1 is 0.338 bits per heavy atom. The van der Waals surface area contributed by atoms with Crippen LogP contribution in [0.1, 0.15) is 22.3 Å². The molecule has 68 heavy (non-hydrogen) atoms. The quantitative estimate of drug-likeness (QED) is 0.151. The Balaban J connectivity index is 1.16. The minimum Gasteiger partial charge on any atom is -0.455 e. The minimum atomic E-state index is -0.709. The van der Waals surface area contributed by atoms with Gasteiger partial charge in [-0.3, -0.25) is 9.97 Å². The lowest BCUT2D eigenvalue weighted by molar-refractivity contribution is 0.669. The van der Waals surface area contributed by atoms with E-state index in [1.54, 1.807) is 0 Å². The van der Waals surface area contributed by atoms with Crippen LogP contribution in [-0.4, -0.2) is 24.9 Å². The maximum atomic E-state index is 6.64. The average molecular weight is 870 g/mol. The Bertz CT molecular complexity index is 3740. The molecule has 6 nitrogen and oxygen atoms in total. The van der Waals surface area contributed by atoms with Gasteiger partial charge in [-0.25, -0.2) is 15.0 Å². The Morgan fingerprint density at radius 2 is 0.868 bits per heavy atom. The smallest absolute Gasteiger partial charge is 0.167 e. The van der Waals surface area contributed by atoms with Crippen LogP contribution < -0.4 is 0 Å². The summed E-state index contributed by atoms with van der Waals surface area (Å²) in [6.07, 6.45) is 3.69. The highest BCUT2D eigenvalue weighted by Crippen LogP contribution is 2.59. The number of pyridine rings is 2. The zero-order chi connectivity index (χ0) is 45.0. The summed E-state index contributed by atoms with van der Waals surface area (Å²) in [6.45, 7) is 0. The molecule has 13 rings (SSSR count). The molecule has 0 spiro atoms. The van der Waals surface area contributed by atoms with E-state index in [0.29, 0.717) is 17.5 Å². The Hall–Kier alpha value is -9.13. The molecule has 1 aliphatic carbocycles. The van der Waals surface area contributed by atoms with Gasteiger partial charge in [0.2, 0.25) is 0 Å². The third kappa shape index (κ3) is 6.38. The maximum absolute atomic E-state index is 6.64. The summed E-state index contributed by atoms with van der Waals surface area (Å²) in [5, 5.41) is 2.05. The first-order valence-corrected chi connectivity index (χ1v) is 22.8. The third-order valence-corrected chi connectivity index (χ3v) is 13.3. The van der Waals surface area contributed by atoms with E-state index in [4.69, 9.17) is 29.3 Å². The molecule has 4 aromatic heterocycles. The number of furan rings is 1. The van der Waals surface area contributed by atoms with Gasteiger partial charge < -0.3 is 4.42 Å². The van der Waals surface area contributed by atoms with Gasteiger partial charge in [-0.15, -0.1) is 0 Å². The van der Waals surface area contributed by atoms with Gasteiger partial charge in [-0.2, -0.15) is 0 Å². The van der Waals surface area contributed by atoms with Gasteiger partial charge in [0.05, 0.1) is 22.4 Å². The Morgan fingerprint density at radius 3 is 1.54 bits per heavy atom. The van der Waals surface area contributed by atoms with Gasteiger partial charge in [-0.1, -0.05) is 158 Å². The summed E-state index contributed by atoms with van der Waals surface area (Å²) in [5.41, 5.74) is 16.0. The van der Waals surface area contributed by atoms with E-state index < -0.39 is 5.41 Å². The van der Waals surface area contributed by atoms with Crippen LogP contribution in [0.5, 0.6) is 0 Å². The molecule has 8 aromatic carbocycles. The van der Waals surface area contributed by atoms with Crippen LogP contribution in [0.25, 0.3) is 101 Å². The van der Waals surface area contributed by atoms with Crippen molar-refractivity contribution in [2.45, 2.75) is 5.41 Å². The van der Waals surface area contributed by atoms with Gasteiger partial charge in [0, 0.05) is 45.4 Å². The summed E-state index contributed by atoms with van der Waals surface area (Å²) >= 11 is 0. The van der Waals surface area contributed by atoms with E-state index in [9.17, 15) is 0 Å². The monoisotopic (exact) mass is 869 g/mol. The largest absolute Gasteiger partial charge is 0.455 e. The summed E-state index contributed by atoms with van der Waals surface area (Å²) < 4.78 is 6.64. The predicted octanol–water partition coefficient (Wildman–Crippen LogP) is 14.9. The summed E-state index contributed by atoms with van der Waals surface area (Å²) in [5.74, 6) is 1.64. The van der Waals surface area contributed by atoms with E-state index in [1.807, 2.05) is 79.1 Å². The zero-order valence-corrected chi connectivity index (χ0v) is 36.7. The lowest BCUT2D eigenvalue weighted by atomic mass is 9.67. The van der Waals surface area contributed by atoms with E-state index in [-0.39, 0.29) is 0 Å². The highest BCUT2D eigenvalue weighted by Gasteiger charge is 2.47. The predicted molar refractivity (Wildman–Crippen MR) is 273 cm³/mol. The number of rotatable bonds is 8. The standard InChI is InChI=1S/C62H39N5O/c1-4-19-40(20-5-1)59-65-60(50-28-18-27-48-47-25-11-13-32-56(47)68-58(48)50)67-61(66-59)51-38-42(41-35-43(54-30-14-16-33-63-54)37-44(36-41)55-31-15-17-34-64-55)39-53-57(51)49-26-10-12-29-52(49)62(53,45-21-6-2-7-22-45)46-23-8-3-9-24-46/h1-39H. The molecule has 4 heterocycles. The lowest BCUT2D eigenvalue weighted by Crippen LogP contribution is -2.28. The highest BCUT2D eigenvalue weighted by molar-refractivity contribution is 6.09. The van der Waals surface area contributed by atoms with E-state index in [1.165, 1.54) is 5.56 Å². The van der Waals surface area contributed by atoms with Crippen molar-refractivity contribution in [3.05, 3.63) is 259 Å². The van der Waals surface area contributed by atoms with Crippen LogP contribution in [-0.2, 0) is 5.41 Å². The lowest BCUT2D eigenvalue weighted by Gasteiger charge is -2.34. The first-order valence-electron chi connectivity index (χ1n) is 22.8. The summed E-state index contributed by atoms with van der Waals surface area (Å²) in [6, 6.07) is 78.6. The fourth-order valence-corrected chi connectivity index (χ4v) is 10.3. The van der Waals surface area contributed by atoms with Crippen molar-refractivity contribution in [3.63, 3.8) is 0 Å². The second-order valence-corrected chi connectivity index (χ2v) is 17.2. The number of para-hydroxylation sites is 2. The maximum Gasteiger partial charge on any atom is 0.167 e. The molecule has 0 atom stereocenters. The molecule has 0 fully saturated rings. The fraction of sp³-hybridized carbons (Fsp3) is 0.0161. The van der Waals surface area contributed by atoms with Crippen molar-refractivity contribution in [1.29, 1.82) is 0 Å². The zero-order valence-electron chi connectivity index (χ0n) is 36.7. The molecule has 12 aromatic rings. The molecule has 0 radical (unpaired) electrons. The second-order valence-electron chi connectivity index (χ2n) is 17.2. The van der Waals surface area contributed by atoms with Crippen molar-refractivity contribution >= 4 is 21.9 Å². The van der Waals surface area contributed by atoms with Crippen LogP contribution in [0.2, 0.25) is 0 Å². The molecular formula is C62H39N5O. The molecule has 0 unspecified atom stereocenters. The van der Waals surface area contributed by atoms with Crippen molar-refractivity contribution in [2.24, 2.45) is 0 Å². The van der Waals surface area contributed by atoms with E-state index in [0.717, 1.165) is 100 Å². The number of nitrogens with zero attached hydrogens (tertiary/aromatic N) is 5. The first kappa shape index (κ1) is 39.3. The van der Waals surface area contributed by atoms with Crippen LogP contribution in [0.4, 0.5) is 0 Å². The minimum absolute atomic E-state index is 0.524. The molecule has 0 amide bonds. The van der Waals surface area contributed by atoms with E-state index >= 15 is 0 Å². The fourth-order valence-electron chi connectivity index (χ4n) is 10.3. The van der Waals surface area contributed by atoms with E-state index in [2.05, 4.69) is 158 Å². The molecule has 6 heteroatoms. The van der Waals surface area contributed by atoms with Crippen molar-refractivity contribution in [1.82, 2.24) is 24.9 Å². The molecule has 318 valence electrons. The van der Waals surface area contributed by atoms with Crippen molar-refractivity contribution in [3.8, 4) is 78.9 Å². The van der Waals surface area contributed by atoms with Gasteiger partial charge in [0.25, 0.3) is 0 Å². The van der Waals surface area contributed by atoms with Gasteiger partial charge in [0.1, 0.15) is 11.2 Å². The topological polar surface area (TPSA) is 77.6 Å². The van der Waals surface area contributed by atoms with Crippen LogP contribution in [0.15, 0.2) is 241 Å². The van der Waals surface area contributed by atoms with Crippen LogP contribution in [0, 0.1) is 0 Å². The summed E-state index contributed by atoms with van der Waals surface area (Å²) in [4.78, 5) is 25.9. The van der Waals surface area contributed by atoms with Crippen molar-refractivity contribution < 1.29 is 4.42 Å². The average Bonchev–Trinajstić information content (AvgIpc) is 3.96. The van der Waals surface area contributed by atoms with Gasteiger partial charge >= 0.3 is 0 Å².